The number of aromatic hydroxyl groups is 1. The van der Waals surface area contributed by atoms with Gasteiger partial charge in [0.1, 0.15) is 12.1 Å². The molecule has 0 aliphatic heterocycles. The number of thiophene rings is 2. The van der Waals surface area contributed by atoms with Crippen molar-refractivity contribution in [2.45, 2.75) is 0 Å². The molecule has 0 saturated carbocycles. The summed E-state index contributed by atoms with van der Waals surface area (Å²) in [5.74, 6) is 0.976. The van der Waals surface area contributed by atoms with Crippen LogP contribution in [0, 0.1) is 0 Å². The predicted molar refractivity (Wildman–Crippen MR) is 92.1 cm³/mol. The molecule has 1 aromatic carbocycles. The predicted octanol–water partition coefficient (Wildman–Crippen LogP) is 4.87. The van der Waals surface area contributed by atoms with Gasteiger partial charge in [-0.2, -0.15) is 0 Å². The number of fused-ring (bicyclic) bond motifs is 1. The van der Waals surface area contributed by atoms with E-state index in [1.807, 2.05) is 12.1 Å². The van der Waals surface area contributed by atoms with Crippen LogP contribution in [0.5, 0.6) is 5.75 Å². The molecule has 4 nitrogen and oxygen atoms in total. The fourth-order valence-corrected chi connectivity index (χ4v) is 4.09. The van der Waals surface area contributed by atoms with Gasteiger partial charge in [0.15, 0.2) is 5.82 Å². The summed E-state index contributed by atoms with van der Waals surface area (Å²) in [5, 5.41) is 14.9. The molecule has 0 amide bonds. The van der Waals surface area contributed by atoms with Gasteiger partial charge in [-0.05, 0) is 29.6 Å². The lowest BCUT2D eigenvalue weighted by atomic mass is 10.3. The monoisotopic (exact) mass is 325 g/mol. The first-order valence-corrected chi connectivity index (χ1v) is 8.34. The third-order valence-corrected chi connectivity index (χ3v) is 5.38. The Labute approximate surface area is 134 Å². The van der Waals surface area contributed by atoms with Gasteiger partial charge in [0.2, 0.25) is 0 Å². The smallest absolute Gasteiger partial charge is 0.151 e. The van der Waals surface area contributed by atoms with E-state index in [9.17, 15) is 5.11 Å². The second-order valence-electron chi connectivity index (χ2n) is 4.70. The average molecular weight is 325 g/mol. The van der Waals surface area contributed by atoms with Crippen molar-refractivity contribution in [2.75, 3.05) is 5.32 Å². The Hall–Kier alpha value is -2.44. The molecule has 0 aliphatic carbocycles. The lowest BCUT2D eigenvalue weighted by Crippen LogP contribution is -1.93. The Morgan fingerprint density at radius 3 is 2.77 bits per heavy atom. The van der Waals surface area contributed by atoms with Gasteiger partial charge in [-0.3, -0.25) is 0 Å². The Kier molecular flexibility index (Phi) is 3.25. The van der Waals surface area contributed by atoms with Gasteiger partial charge >= 0.3 is 0 Å². The molecule has 0 aliphatic rings. The van der Waals surface area contributed by atoms with Crippen LogP contribution >= 0.6 is 22.7 Å². The summed E-state index contributed by atoms with van der Waals surface area (Å²) in [4.78, 5) is 11.1. The molecule has 4 rings (SSSR count). The molecule has 22 heavy (non-hydrogen) atoms. The SMILES string of the molecule is Oc1cccc(Nc2ncnc3cc(-c4cccs4)sc23)c1. The summed E-state index contributed by atoms with van der Waals surface area (Å²) in [6, 6.07) is 13.2. The first-order valence-electron chi connectivity index (χ1n) is 6.64. The number of hydrogen-bond donors (Lipinski definition) is 2. The maximum absolute atomic E-state index is 9.56. The minimum absolute atomic E-state index is 0.223. The van der Waals surface area contributed by atoms with E-state index in [1.54, 1.807) is 47.2 Å². The fraction of sp³-hybridized carbons (Fsp3) is 0. The Morgan fingerprint density at radius 1 is 1.00 bits per heavy atom. The molecule has 2 N–H and O–H groups in total. The van der Waals surface area contributed by atoms with Crippen molar-refractivity contribution in [1.82, 2.24) is 9.97 Å². The van der Waals surface area contributed by atoms with Crippen molar-refractivity contribution in [2.24, 2.45) is 0 Å². The molecule has 0 unspecified atom stereocenters. The third-order valence-electron chi connectivity index (χ3n) is 3.18. The number of hydrogen-bond acceptors (Lipinski definition) is 6. The van der Waals surface area contributed by atoms with Crippen molar-refractivity contribution >= 4 is 44.4 Å². The van der Waals surface area contributed by atoms with E-state index in [2.05, 4.69) is 32.8 Å². The van der Waals surface area contributed by atoms with Gasteiger partial charge in [-0.25, -0.2) is 9.97 Å². The minimum Gasteiger partial charge on any atom is -0.508 e. The largest absolute Gasteiger partial charge is 0.508 e. The van der Waals surface area contributed by atoms with Gasteiger partial charge in [0, 0.05) is 21.5 Å². The summed E-state index contributed by atoms with van der Waals surface area (Å²) < 4.78 is 1.01. The quantitative estimate of drug-likeness (QED) is 0.564. The molecular formula is C16H11N3OS2. The number of aromatic nitrogens is 2. The van der Waals surface area contributed by atoms with E-state index in [0.29, 0.717) is 0 Å². The van der Waals surface area contributed by atoms with Gasteiger partial charge < -0.3 is 10.4 Å². The maximum Gasteiger partial charge on any atom is 0.151 e. The first kappa shape index (κ1) is 13.2. The van der Waals surface area contributed by atoms with Crippen LogP contribution < -0.4 is 5.32 Å². The molecule has 3 aromatic heterocycles. The first-order chi connectivity index (χ1) is 10.8. The molecule has 0 bridgehead atoms. The van der Waals surface area contributed by atoms with Crippen molar-refractivity contribution in [3.63, 3.8) is 0 Å². The third kappa shape index (κ3) is 2.43. The maximum atomic E-state index is 9.56. The molecule has 0 spiro atoms. The minimum atomic E-state index is 0.223. The highest BCUT2D eigenvalue weighted by molar-refractivity contribution is 7.26. The number of rotatable bonds is 3. The molecule has 4 aromatic rings. The second-order valence-corrected chi connectivity index (χ2v) is 6.70. The molecule has 108 valence electrons. The van der Waals surface area contributed by atoms with Crippen molar-refractivity contribution in [1.29, 1.82) is 0 Å². The molecule has 3 heterocycles. The van der Waals surface area contributed by atoms with Crippen LogP contribution in [-0.2, 0) is 0 Å². The Balaban J connectivity index is 1.78. The van der Waals surface area contributed by atoms with Gasteiger partial charge in [-0.15, -0.1) is 22.7 Å². The summed E-state index contributed by atoms with van der Waals surface area (Å²) in [5.41, 5.74) is 1.72. The molecular weight excluding hydrogens is 314 g/mol. The zero-order valence-corrected chi connectivity index (χ0v) is 13.0. The lowest BCUT2D eigenvalue weighted by molar-refractivity contribution is 0.475. The molecule has 0 atom stereocenters. The topological polar surface area (TPSA) is 58.0 Å². The van der Waals surface area contributed by atoms with Gasteiger partial charge in [-0.1, -0.05) is 12.1 Å². The number of benzene rings is 1. The summed E-state index contributed by atoms with van der Waals surface area (Å²) in [7, 11) is 0. The van der Waals surface area contributed by atoms with Crippen LogP contribution in [0.2, 0.25) is 0 Å². The van der Waals surface area contributed by atoms with Crippen LogP contribution in [0.15, 0.2) is 54.2 Å². The van der Waals surface area contributed by atoms with Crippen LogP contribution in [0.4, 0.5) is 11.5 Å². The highest BCUT2D eigenvalue weighted by atomic mass is 32.1. The van der Waals surface area contributed by atoms with Crippen LogP contribution in [-0.4, -0.2) is 15.1 Å². The van der Waals surface area contributed by atoms with E-state index in [-0.39, 0.29) is 5.75 Å². The molecule has 6 heteroatoms. The number of anilines is 2. The van der Waals surface area contributed by atoms with E-state index in [4.69, 9.17) is 0 Å². The van der Waals surface area contributed by atoms with E-state index >= 15 is 0 Å². The average Bonchev–Trinajstić information content (AvgIpc) is 3.17. The number of nitrogens with zero attached hydrogens (tertiary/aromatic N) is 2. The van der Waals surface area contributed by atoms with E-state index in [0.717, 1.165) is 21.7 Å². The summed E-state index contributed by atoms with van der Waals surface area (Å²) in [6.45, 7) is 0. The van der Waals surface area contributed by atoms with Gasteiger partial charge in [0.25, 0.3) is 0 Å². The van der Waals surface area contributed by atoms with Crippen LogP contribution in [0.3, 0.4) is 0 Å². The van der Waals surface area contributed by atoms with Crippen LogP contribution in [0.1, 0.15) is 0 Å². The highest BCUT2D eigenvalue weighted by Gasteiger charge is 2.11. The van der Waals surface area contributed by atoms with Crippen molar-refractivity contribution < 1.29 is 5.11 Å². The number of phenols is 1. The molecule has 0 fully saturated rings. The normalized spacial score (nSPS) is 10.9. The van der Waals surface area contributed by atoms with E-state index in [1.165, 1.54) is 9.75 Å². The standard InChI is InChI=1S/C16H11N3OS2/c20-11-4-1-3-10(7-11)19-16-15-12(17-9-18-16)8-14(22-15)13-5-2-6-21-13/h1-9,20H,(H,17,18,19). The zero-order chi connectivity index (χ0) is 14.9. The fourth-order valence-electron chi connectivity index (χ4n) is 2.20. The van der Waals surface area contributed by atoms with Gasteiger partial charge in [0.05, 0.1) is 10.2 Å². The Morgan fingerprint density at radius 2 is 1.95 bits per heavy atom. The molecule has 0 saturated heterocycles. The summed E-state index contributed by atoms with van der Waals surface area (Å²) >= 11 is 3.38. The van der Waals surface area contributed by atoms with E-state index < -0.39 is 0 Å². The van der Waals surface area contributed by atoms with Crippen molar-refractivity contribution in [3.8, 4) is 15.5 Å². The lowest BCUT2D eigenvalue weighted by Gasteiger charge is -2.06. The Bertz CT molecular complexity index is 932. The summed E-state index contributed by atoms with van der Waals surface area (Å²) in [6.07, 6.45) is 1.55. The highest BCUT2D eigenvalue weighted by Crippen LogP contribution is 2.38. The molecule has 0 radical (unpaired) electrons. The number of nitrogens with one attached hydrogen (secondary N) is 1. The zero-order valence-electron chi connectivity index (χ0n) is 11.4. The number of phenolic OH excluding ortho intramolecular Hbond substituents is 1. The van der Waals surface area contributed by atoms with Crippen LogP contribution in [0.25, 0.3) is 20.0 Å². The second kappa shape index (κ2) is 5.40. The van der Waals surface area contributed by atoms with Crippen molar-refractivity contribution in [3.05, 3.63) is 54.2 Å².